The maximum Gasteiger partial charge on any atom is 0.255 e. The van der Waals surface area contributed by atoms with Crippen LogP contribution in [0, 0.1) is 0 Å². The Balaban J connectivity index is 2.24. The van der Waals surface area contributed by atoms with Crippen LogP contribution in [0.5, 0.6) is 0 Å². The molecule has 0 N–H and O–H groups in total. The zero-order chi connectivity index (χ0) is 13.0. The highest BCUT2D eigenvalue weighted by Gasteiger charge is 2.27. The lowest BCUT2D eigenvalue weighted by Gasteiger charge is -2.35. The summed E-state index contributed by atoms with van der Waals surface area (Å²) >= 11 is 5.17. The molecule has 1 aliphatic heterocycles. The van der Waals surface area contributed by atoms with Crippen LogP contribution < -0.4 is 0 Å². The molecule has 1 atom stereocenters. The highest BCUT2D eigenvalue weighted by molar-refractivity contribution is 9.09. The molecule has 0 saturated carbocycles. The van der Waals surface area contributed by atoms with Gasteiger partial charge in [-0.3, -0.25) is 4.79 Å². The van der Waals surface area contributed by atoms with E-state index in [4.69, 9.17) is 0 Å². The first-order valence-electron chi connectivity index (χ1n) is 6.28. The molecular weight excluding hydrogens is 310 g/mol. The van der Waals surface area contributed by atoms with Gasteiger partial charge in [-0.25, -0.2) is 0 Å². The second-order valence-electron chi connectivity index (χ2n) is 4.50. The molecule has 1 aromatic carbocycles. The van der Waals surface area contributed by atoms with Gasteiger partial charge in [0.2, 0.25) is 0 Å². The predicted octanol–water partition coefficient (Wildman–Crippen LogP) is 3.80. The lowest BCUT2D eigenvalue weighted by Crippen LogP contribution is -2.44. The molecule has 1 unspecified atom stereocenters. The summed E-state index contributed by atoms with van der Waals surface area (Å²) in [4.78, 5) is 15.7. The van der Waals surface area contributed by atoms with E-state index in [1.807, 2.05) is 35.4 Å². The van der Waals surface area contributed by atoms with Crippen molar-refractivity contribution in [2.45, 2.75) is 30.2 Å². The Labute approximate surface area is 121 Å². The standard InChI is InChI=1S/C14H18BrNOS/c1-18-13-8-3-2-7-12(13)14(17)16-9-5-4-6-11(16)10-15/h2-3,7-8,11H,4-6,9-10H2,1H3. The Morgan fingerprint density at radius 2 is 2.22 bits per heavy atom. The SMILES string of the molecule is CSc1ccccc1C(=O)N1CCCCC1CBr. The van der Waals surface area contributed by atoms with Gasteiger partial charge >= 0.3 is 0 Å². The van der Waals surface area contributed by atoms with E-state index in [0.717, 1.165) is 35.2 Å². The van der Waals surface area contributed by atoms with Crippen molar-refractivity contribution in [3.05, 3.63) is 29.8 Å². The Morgan fingerprint density at radius 3 is 2.94 bits per heavy atom. The highest BCUT2D eigenvalue weighted by atomic mass is 79.9. The summed E-state index contributed by atoms with van der Waals surface area (Å²) < 4.78 is 0. The molecule has 1 fully saturated rings. The van der Waals surface area contributed by atoms with Crippen molar-refractivity contribution in [1.29, 1.82) is 0 Å². The fourth-order valence-corrected chi connectivity index (χ4v) is 3.67. The number of hydrogen-bond acceptors (Lipinski definition) is 2. The summed E-state index contributed by atoms with van der Waals surface area (Å²) in [7, 11) is 0. The number of rotatable bonds is 3. The number of thioether (sulfide) groups is 1. The number of halogens is 1. The summed E-state index contributed by atoms with van der Waals surface area (Å²) in [6.07, 6.45) is 5.48. The molecule has 1 amide bonds. The second-order valence-corrected chi connectivity index (χ2v) is 6.00. The van der Waals surface area contributed by atoms with Crippen molar-refractivity contribution in [2.24, 2.45) is 0 Å². The number of nitrogens with zero attached hydrogens (tertiary/aromatic N) is 1. The van der Waals surface area contributed by atoms with Gasteiger partial charge in [0, 0.05) is 22.8 Å². The van der Waals surface area contributed by atoms with Crippen molar-refractivity contribution in [1.82, 2.24) is 4.90 Å². The molecule has 98 valence electrons. The van der Waals surface area contributed by atoms with Gasteiger partial charge in [-0.2, -0.15) is 0 Å². The molecule has 4 heteroatoms. The average molecular weight is 328 g/mol. The van der Waals surface area contributed by atoms with Crippen LogP contribution in [0.25, 0.3) is 0 Å². The molecular formula is C14H18BrNOS. The maximum absolute atomic E-state index is 12.6. The Hall–Kier alpha value is -0.480. The summed E-state index contributed by atoms with van der Waals surface area (Å²) in [5.41, 5.74) is 0.845. The number of alkyl halides is 1. The molecule has 1 aromatic rings. The van der Waals surface area contributed by atoms with Gasteiger partial charge in [-0.05, 0) is 37.7 Å². The van der Waals surface area contributed by atoms with Gasteiger partial charge in [-0.1, -0.05) is 28.1 Å². The third-order valence-corrected chi connectivity index (χ3v) is 4.95. The third kappa shape index (κ3) is 2.91. The summed E-state index contributed by atoms with van der Waals surface area (Å²) in [5, 5.41) is 0.875. The summed E-state index contributed by atoms with van der Waals surface area (Å²) in [6.45, 7) is 0.887. The largest absolute Gasteiger partial charge is 0.335 e. The van der Waals surface area contributed by atoms with Crippen molar-refractivity contribution in [3.8, 4) is 0 Å². The van der Waals surface area contributed by atoms with Gasteiger partial charge in [-0.15, -0.1) is 11.8 Å². The van der Waals surface area contributed by atoms with E-state index in [2.05, 4.69) is 15.9 Å². The molecule has 0 bridgehead atoms. The zero-order valence-corrected chi connectivity index (χ0v) is 13.0. The van der Waals surface area contributed by atoms with Crippen molar-refractivity contribution < 1.29 is 4.79 Å². The second kappa shape index (κ2) is 6.62. The summed E-state index contributed by atoms with van der Waals surface area (Å²) in [5.74, 6) is 0.184. The van der Waals surface area contributed by atoms with Gasteiger partial charge in [0.05, 0.1) is 5.56 Å². The maximum atomic E-state index is 12.6. The van der Waals surface area contributed by atoms with Crippen LogP contribution in [0.15, 0.2) is 29.2 Å². The van der Waals surface area contributed by atoms with E-state index in [0.29, 0.717) is 6.04 Å². The molecule has 0 spiro atoms. The first-order valence-corrected chi connectivity index (χ1v) is 8.62. The molecule has 0 radical (unpaired) electrons. The van der Waals surface area contributed by atoms with Crippen molar-refractivity contribution >= 4 is 33.6 Å². The number of hydrogen-bond donors (Lipinski definition) is 0. The normalized spacial score (nSPS) is 19.9. The van der Waals surface area contributed by atoms with E-state index >= 15 is 0 Å². The van der Waals surface area contributed by atoms with Crippen LogP contribution in [0.4, 0.5) is 0 Å². The van der Waals surface area contributed by atoms with Gasteiger partial charge in [0.1, 0.15) is 0 Å². The van der Waals surface area contributed by atoms with E-state index in [1.54, 1.807) is 11.8 Å². The highest BCUT2D eigenvalue weighted by Crippen LogP contribution is 2.25. The molecule has 2 nitrogen and oxygen atoms in total. The lowest BCUT2D eigenvalue weighted by molar-refractivity contribution is 0.0638. The number of benzene rings is 1. The Morgan fingerprint density at radius 1 is 1.44 bits per heavy atom. The minimum absolute atomic E-state index is 0.184. The van der Waals surface area contributed by atoms with E-state index in [9.17, 15) is 4.79 Å². The molecule has 1 heterocycles. The van der Waals surface area contributed by atoms with Gasteiger partial charge in [0.15, 0.2) is 0 Å². The molecule has 18 heavy (non-hydrogen) atoms. The number of piperidine rings is 1. The molecule has 0 aromatic heterocycles. The fourth-order valence-electron chi connectivity index (χ4n) is 2.40. The quantitative estimate of drug-likeness (QED) is 0.621. The van der Waals surface area contributed by atoms with Crippen LogP contribution in [-0.2, 0) is 0 Å². The topological polar surface area (TPSA) is 20.3 Å². The van der Waals surface area contributed by atoms with Crippen LogP contribution in [-0.4, -0.2) is 35.0 Å². The zero-order valence-electron chi connectivity index (χ0n) is 10.6. The van der Waals surface area contributed by atoms with Gasteiger partial charge < -0.3 is 4.90 Å². The van der Waals surface area contributed by atoms with Crippen molar-refractivity contribution in [3.63, 3.8) is 0 Å². The lowest BCUT2D eigenvalue weighted by atomic mass is 10.0. The van der Waals surface area contributed by atoms with Crippen LogP contribution in [0.1, 0.15) is 29.6 Å². The van der Waals surface area contributed by atoms with E-state index < -0.39 is 0 Å². The Kier molecular flexibility index (Phi) is 5.13. The number of likely N-dealkylation sites (tertiary alicyclic amines) is 1. The van der Waals surface area contributed by atoms with Gasteiger partial charge in [0.25, 0.3) is 5.91 Å². The monoisotopic (exact) mass is 327 g/mol. The number of carbonyl (C=O) groups excluding carboxylic acids is 1. The first kappa shape index (κ1) is 13.9. The Bertz CT molecular complexity index is 424. The molecule has 1 aliphatic rings. The minimum atomic E-state index is 0.184. The molecule has 1 saturated heterocycles. The minimum Gasteiger partial charge on any atom is -0.335 e. The van der Waals surface area contributed by atoms with Crippen LogP contribution in [0.3, 0.4) is 0 Å². The first-order chi connectivity index (χ1) is 8.77. The predicted molar refractivity (Wildman–Crippen MR) is 80.7 cm³/mol. The smallest absolute Gasteiger partial charge is 0.255 e. The fraction of sp³-hybridized carbons (Fsp3) is 0.500. The molecule has 0 aliphatic carbocycles. The van der Waals surface area contributed by atoms with E-state index in [1.165, 1.54) is 6.42 Å². The molecule has 2 rings (SSSR count). The third-order valence-electron chi connectivity index (χ3n) is 3.40. The number of amides is 1. The van der Waals surface area contributed by atoms with Crippen LogP contribution in [0.2, 0.25) is 0 Å². The number of carbonyl (C=O) groups is 1. The van der Waals surface area contributed by atoms with Crippen molar-refractivity contribution in [2.75, 3.05) is 18.1 Å². The van der Waals surface area contributed by atoms with Crippen LogP contribution >= 0.6 is 27.7 Å². The van der Waals surface area contributed by atoms with E-state index in [-0.39, 0.29) is 5.91 Å². The average Bonchev–Trinajstić information content (AvgIpc) is 2.46. The summed E-state index contributed by atoms with van der Waals surface area (Å²) in [6, 6.07) is 8.24.